The molecule has 32 heavy (non-hydrogen) atoms. The molecule has 0 atom stereocenters. The standard InChI is InChI=1S/C24H28N4O4/c1-18-20(16-24(29)30)6-4-7-23(18)31-14-15-32-26-22(17-27(2)3)19-8-10-21(11-9-19)28-13-5-12-25-28/h4-13H,14-17H2,1-3H3,(H,29,30)/b26-22+. The average molecular weight is 437 g/mol. The number of nitrogens with zero attached hydrogens (tertiary/aromatic N) is 4. The molecule has 1 N–H and O–H groups in total. The number of ether oxygens (including phenoxy) is 1. The number of carbonyl (C=O) groups is 1. The Morgan fingerprint density at radius 3 is 2.56 bits per heavy atom. The van der Waals surface area contributed by atoms with E-state index < -0.39 is 5.97 Å². The van der Waals surface area contributed by atoms with Gasteiger partial charge in [0.15, 0.2) is 6.61 Å². The summed E-state index contributed by atoms with van der Waals surface area (Å²) < 4.78 is 7.58. The number of carboxylic acid groups (broad SMARTS) is 1. The van der Waals surface area contributed by atoms with Gasteiger partial charge in [-0.05, 0) is 56.4 Å². The van der Waals surface area contributed by atoms with Crippen molar-refractivity contribution in [1.82, 2.24) is 14.7 Å². The summed E-state index contributed by atoms with van der Waals surface area (Å²) in [6.07, 6.45) is 3.61. The van der Waals surface area contributed by atoms with Crippen LogP contribution in [0.3, 0.4) is 0 Å². The molecule has 0 unspecified atom stereocenters. The van der Waals surface area contributed by atoms with Crippen molar-refractivity contribution < 1.29 is 19.5 Å². The minimum Gasteiger partial charge on any atom is -0.490 e. The number of likely N-dealkylation sites (N-methyl/N-ethyl adjacent to an activating group) is 1. The summed E-state index contributed by atoms with van der Waals surface area (Å²) in [5.41, 5.74) is 4.30. The summed E-state index contributed by atoms with van der Waals surface area (Å²) >= 11 is 0. The summed E-state index contributed by atoms with van der Waals surface area (Å²) in [6.45, 7) is 3.05. The Morgan fingerprint density at radius 2 is 1.91 bits per heavy atom. The molecule has 1 aromatic heterocycles. The summed E-state index contributed by atoms with van der Waals surface area (Å²) in [7, 11) is 3.95. The fourth-order valence-corrected chi connectivity index (χ4v) is 3.18. The number of hydrogen-bond acceptors (Lipinski definition) is 6. The van der Waals surface area contributed by atoms with E-state index in [1.165, 1.54) is 0 Å². The molecular weight excluding hydrogens is 408 g/mol. The maximum absolute atomic E-state index is 11.0. The Kier molecular flexibility index (Phi) is 7.99. The molecule has 0 fully saturated rings. The Bertz CT molecular complexity index is 1040. The predicted molar refractivity (Wildman–Crippen MR) is 123 cm³/mol. The SMILES string of the molecule is Cc1c(CC(=O)O)cccc1OCCO/N=C(\CN(C)C)c1ccc(-n2cccn2)cc1. The van der Waals surface area contributed by atoms with Crippen molar-refractivity contribution in [2.45, 2.75) is 13.3 Å². The lowest BCUT2D eigenvalue weighted by Gasteiger charge is -2.14. The highest BCUT2D eigenvalue weighted by molar-refractivity contribution is 6.01. The molecule has 2 aromatic carbocycles. The number of rotatable bonds is 11. The van der Waals surface area contributed by atoms with Crippen LogP contribution in [0.4, 0.5) is 0 Å². The lowest BCUT2D eigenvalue weighted by molar-refractivity contribution is -0.136. The Hall–Kier alpha value is -3.65. The molecule has 0 amide bonds. The van der Waals surface area contributed by atoms with E-state index in [0.29, 0.717) is 18.9 Å². The van der Waals surface area contributed by atoms with Gasteiger partial charge in [-0.2, -0.15) is 5.10 Å². The average Bonchev–Trinajstić information content (AvgIpc) is 3.29. The van der Waals surface area contributed by atoms with Gasteiger partial charge in [0, 0.05) is 24.5 Å². The number of aliphatic carboxylic acids is 1. The molecule has 8 heteroatoms. The van der Waals surface area contributed by atoms with Gasteiger partial charge in [-0.15, -0.1) is 0 Å². The number of hydrogen-bond donors (Lipinski definition) is 1. The lowest BCUT2D eigenvalue weighted by atomic mass is 10.1. The number of benzene rings is 2. The molecule has 168 valence electrons. The third kappa shape index (κ3) is 6.42. The van der Waals surface area contributed by atoms with E-state index in [2.05, 4.69) is 10.3 Å². The zero-order valence-corrected chi connectivity index (χ0v) is 18.6. The molecule has 8 nitrogen and oxygen atoms in total. The second-order valence-electron chi connectivity index (χ2n) is 7.57. The van der Waals surface area contributed by atoms with Crippen LogP contribution in [-0.2, 0) is 16.1 Å². The maximum Gasteiger partial charge on any atom is 0.307 e. The van der Waals surface area contributed by atoms with Crippen molar-refractivity contribution in [1.29, 1.82) is 0 Å². The van der Waals surface area contributed by atoms with Gasteiger partial charge in [-0.1, -0.05) is 29.4 Å². The molecule has 0 aliphatic rings. The molecule has 0 saturated heterocycles. The Labute approximate surface area is 187 Å². The molecule has 3 aromatic rings. The second-order valence-corrected chi connectivity index (χ2v) is 7.57. The zero-order valence-electron chi connectivity index (χ0n) is 18.6. The Balaban J connectivity index is 1.59. The first kappa shape index (κ1) is 23.0. The summed E-state index contributed by atoms with van der Waals surface area (Å²) in [6, 6.07) is 15.3. The molecule has 0 spiro atoms. The molecule has 0 bridgehead atoms. The van der Waals surface area contributed by atoms with E-state index in [0.717, 1.165) is 28.1 Å². The summed E-state index contributed by atoms with van der Waals surface area (Å²) in [5.74, 6) is -0.215. The second kappa shape index (κ2) is 11.1. The van der Waals surface area contributed by atoms with Crippen molar-refractivity contribution in [3.05, 3.63) is 77.6 Å². The van der Waals surface area contributed by atoms with Gasteiger partial charge in [0.25, 0.3) is 0 Å². The van der Waals surface area contributed by atoms with Crippen LogP contribution in [-0.4, -0.2) is 65.3 Å². The van der Waals surface area contributed by atoms with Crippen molar-refractivity contribution in [3.8, 4) is 11.4 Å². The minimum absolute atomic E-state index is 0.0308. The highest BCUT2D eigenvalue weighted by Crippen LogP contribution is 2.21. The van der Waals surface area contributed by atoms with E-state index in [-0.39, 0.29) is 13.0 Å². The van der Waals surface area contributed by atoms with Gasteiger partial charge in [-0.25, -0.2) is 4.68 Å². The lowest BCUT2D eigenvalue weighted by Crippen LogP contribution is -2.23. The van der Waals surface area contributed by atoms with Gasteiger partial charge < -0.3 is 19.6 Å². The first-order valence-corrected chi connectivity index (χ1v) is 10.3. The van der Waals surface area contributed by atoms with Gasteiger partial charge in [0.2, 0.25) is 0 Å². The van der Waals surface area contributed by atoms with Crippen molar-refractivity contribution >= 4 is 11.7 Å². The largest absolute Gasteiger partial charge is 0.490 e. The fraction of sp³-hybridized carbons (Fsp3) is 0.292. The highest BCUT2D eigenvalue weighted by atomic mass is 16.6. The highest BCUT2D eigenvalue weighted by Gasteiger charge is 2.09. The van der Waals surface area contributed by atoms with E-state index in [9.17, 15) is 4.79 Å². The molecular formula is C24H28N4O4. The smallest absolute Gasteiger partial charge is 0.307 e. The number of carboxylic acids is 1. The quantitative estimate of drug-likeness (QED) is 0.282. The van der Waals surface area contributed by atoms with Crippen LogP contribution in [0, 0.1) is 6.92 Å². The first-order chi connectivity index (χ1) is 15.4. The molecule has 0 aliphatic heterocycles. The van der Waals surface area contributed by atoms with E-state index in [4.69, 9.17) is 14.7 Å². The van der Waals surface area contributed by atoms with Crippen LogP contribution >= 0.6 is 0 Å². The van der Waals surface area contributed by atoms with Gasteiger partial charge in [-0.3, -0.25) is 4.79 Å². The van der Waals surface area contributed by atoms with Crippen molar-refractivity contribution in [2.24, 2.45) is 5.16 Å². The third-order valence-corrected chi connectivity index (χ3v) is 4.78. The van der Waals surface area contributed by atoms with Crippen LogP contribution in [0.2, 0.25) is 0 Å². The van der Waals surface area contributed by atoms with E-state index >= 15 is 0 Å². The van der Waals surface area contributed by atoms with Crippen molar-refractivity contribution in [3.63, 3.8) is 0 Å². The molecule has 1 heterocycles. The van der Waals surface area contributed by atoms with Gasteiger partial charge >= 0.3 is 5.97 Å². The molecule has 0 saturated carbocycles. The summed E-state index contributed by atoms with van der Waals surface area (Å²) in [4.78, 5) is 18.5. The Morgan fingerprint density at radius 1 is 1.12 bits per heavy atom. The van der Waals surface area contributed by atoms with E-state index in [1.54, 1.807) is 23.0 Å². The third-order valence-electron chi connectivity index (χ3n) is 4.78. The molecule has 3 rings (SSSR count). The monoisotopic (exact) mass is 436 g/mol. The van der Waals surface area contributed by atoms with Gasteiger partial charge in [0.05, 0.1) is 12.1 Å². The zero-order chi connectivity index (χ0) is 22.9. The van der Waals surface area contributed by atoms with Gasteiger partial charge in [0.1, 0.15) is 18.1 Å². The minimum atomic E-state index is -0.867. The van der Waals surface area contributed by atoms with Crippen molar-refractivity contribution in [2.75, 3.05) is 33.9 Å². The van der Waals surface area contributed by atoms with Crippen LogP contribution in [0.1, 0.15) is 16.7 Å². The molecule has 0 aliphatic carbocycles. The maximum atomic E-state index is 11.0. The van der Waals surface area contributed by atoms with E-state index in [1.807, 2.05) is 68.5 Å². The van der Waals surface area contributed by atoms with Crippen LogP contribution in [0.25, 0.3) is 5.69 Å². The molecule has 0 radical (unpaired) electrons. The van der Waals surface area contributed by atoms with Crippen LogP contribution < -0.4 is 4.74 Å². The predicted octanol–water partition coefficient (Wildman–Crippen LogP) is 3.17. The normalized spacial score (nSPS) is 11.6. The number of aromatic nitrogens is 2. The number of oxime groups is 1. The van der Waals surface area contributed by atoms with Crippen LogP contribution in [0.5, 0.6) is 5.75 Å². The fourth-order valence-electron chi connectivity index (χ4n) is 3.18. The van der Waals surface area contributed by atoms with Crippen LogP contribution in [0.15, 0.2) is 66.1 Å². The first-order valence-electron chi connectivity index (χ1n) is 10.3. The topological polar surface area (TPSA) is 89.2 Å². The summed E-state index contributed by atoms with van der Waals surface area (Å²) in [5, 5.41) is 17.6.